The van der Waals surface area contributed by atoms with Crippen molar-refractivity contribution in [1.29, 1.82) is 0 Å². The minimum absolute atomic E-state index is 0.214. The number of rotatable bonds is 12. The minimum Gasteiger partial charge on any atom is -0.493 e. The van der Waals surface area contributed by atoms with E-state index in [1.165, 1.54) is 14.2 Å². The van der Waals surface area contributed by atoms with E-state index in [-0.39, 0.29) is 11.1 Å². The van der Waals surface area contributed by atoms with Crippen LogP contribution in [0.5, 0.6) is 34.5 Å². The van der Waals surface area contributed by atoms with Gasteiger partial charge in [-0.05, 0) is 104 Å². The number of fused-ring (bicyclic) bond motifs is 6. The lowest BCUT2D eigenvalue weighted by molar-refractivity contribution is 0.0688. The molecule has 0 saturated heterocycles. The average molecular weight is 777 g/mol. The standard InChI is InChI=1S/2C24H20O5/c2*1-27-22-12-19-18-11-17(29-14-15-6-4-3-5-7-15)9-8-16(18)10-21(24(25)26)20(19)13-23(22)28-2/h2*3-13H,14H2,1-2H3,(H,25,26). The Bertz CT molecular complexity index is 2590. The zero-order valence-electron chi connectivity index (χ0n) is 32.3. The van der Waals surface area contributed by atoms with Crippen LogP contribution in [0.15, 0.2) is 133 Å². The van der Waals surface area contributed by atoms with Crippen molar-refractivity contribution in [3.8, 4) is 34.5 Å². The van der Waals surface area contributed by atoms with Crippen LogP contribution < -0.4 is 28.4 Å². The molecule has 58 heavy (non-hydrogen) atoms. The molecule has 8 aromatic rings. The first-order chi connectivity index (χ1) is 28.2. The third-order valence-electron chi connectivity index (χ3n) is 9.81. The van der Waals surface area contributed by atoms with E-state index < -0.39 is 11.9 Å². The van der Waals surface area contributed by atoms with Gasteiger partial charge in [-0.25, -0.2) is 9.59 Å². The van der Waals surface area contributed by atoms with E-state index in [4.69, 9.17) is 28.4 Å². The van der Waals surface area contributed by atoms with Crippen molar-refractivity contribution in [2.24, 2.45) is 0 Å². The molecule has 0 unspecified atom stereocenters. The second-order valence-electron chi connectivity index (χ2n) is 13.3. The maximum atomic E-state index is 11.8. The lowest BCUT2D eigenvalue weighted by Crippen LogP contribution is -2.00. The molecule has 0 aliphatic carbocycles. The van der Waals surface area contributed by atoms with Gasteiger partial charge in [0.1, 0.15) is 24.7 Å². The minimum atomic E-state index is -0.992. The van der Waals surface area contributed by atoms with Crippen LogP contribution in [0.1, 0.15) is 31.8 Å². The third-order valence-corrected chi connectivity index (χ3v) is 9.81. The lowest BCUT2D eigenvalue weighted by atomic mass is 9.96. The van der Waals surface area contributed by atoms with Gasteiger partial charge in [-0.1, -0.05) is 72.8 Å². The zero-order valence-corrected chi connectivity index (χ0v) is 32.3. The Hall–Kier alpha value is -7.46. The van der Waals surface area contributed by atoms with Gasteiger partial charge in [0.2, 0.25) is 0 Å². The molecule has 0 saturated carbocycles. The van der Waals surface area contributed by atoms with Crippen LogP contribution in [0.25, 0.3) is 43.1 Å². The van der Waals surface area contributed by atoms with Crippen molar-refractivity contribution < 1.29 is 48.2 Å². The molecule has 8 aromatic carbocycles. The van der Waals surface area contributed by atoms with Crippen molar-refractivity contribution in [2.75, 3.05) is 28.4 Å². The molecule has 292 valence electrons. The Balaban J connectivity index is 0.000000177. The summed E-state index contributed by atoms with van der Waals surface area (Å²) in [4.78, 5) is 23.7. The van der Waals surface area contributed by atoms with Gasteiger partial charge in [0.25, 0.3) is 0 Å². The topological polar surface area (TPSA) is 130 Å². The molecule has 10 heteroatoms. The van der Waals surface area contributed by atoms with Gasteiger partial charge in [0.05, 0.1) is 39.6 Å². The lowest BCUT2D eigenvalue weighted by Gasteiger charge is -2.14. The van der Waals surface area contributed by atoms with Crippen LogP contribution in [0.3, 0.4) is 0 Å². The van der Waals surface area contributed by atoms with Crippen LogP contribution in [-0.4, -0.2) is 50.6 Å². The molecule has 0 radical (unpaired) electrons. The summed E-state index contributed by atoms with van der Waals surface area (Å²) >= 11 is 0. The predicted molar refractivity (Wildman–Crippen MR) is 225 cm³/mol. The Labute approximate surface area is 334 Å². The normalized spacial score (nSPS) is 10.8. The first-order valence-electron chi connectivity index (χ1n) is 18.3. The second kappa shape index (κ2) is 17.1. The number of carboxylic acid groups (broad SMARTS) is 2. The van der Waals surface area contributed by atoms with E-state index in [2.05, 4.69) is 0 Å². The van der Waals surface area contributed by atoms with E-state index in [1.807, 2.05) is 109 Å². The predicted octanol–water partition coefficient (Wildman–Crippen LogP) is 10.6. The molecule has 0 atom stereocenters. The summed E-state index contributed by atoms with van der Waals surface area (Å²) in [5.41, 5.74) is 2.58. The van der Waals surface area contributed by atoms with Crippen molar-refractivity contribution in [3.63, 3.8) is 0 Å². The monoisotopic (exact) mass is 776 g/mol. The molecule has 0 aliphatic rings. The van der Waals surface area contributed by atoms with Gasteiger partial charge in [-0.2, -0.15) is 0 Å². The highest BCUT2D eigenvalue weighted by Gasteiger charge is 2.18. The summed E-state index contributed by atoms with van der Waals surface area (Å²) in [5.74, 6) is 1.48. The molecule has 0 spiro atoms. The fourth-order valence-corrected chi connectivity index (χ4v) is 6.92. The second-order valence-corrected chi connectivity index (χ2v) is 13.3. The average Bonchev–Trinajstić information content (AvgIpc) is 3.26. The highest BCUT2D eigenvalue weighted by atomic mass is 16.5. The maximum absolute atomic E-state index is 11.8. The van der Waals surface area contributed by atoms with Crippen molar-refractivity contribution in [3.05, 3.63) is 156 Å². The molecule has 0 heterocycles. The van der Waals surface area contributed by atoms with Crippen molar-refractivity contribution in [2.45, 2.75) is 13.2 Å². The highest BCUT2D eigenvalue weighted by Crippen LogP contribution is 2.40. The molecular weight excluding hydrogens is 737 g/mol. The van der Waals surface area contributed by atoms with Crippen LogP contribution >= 0.6 is 0 Å². The molecule has 0 amide bonds. The summed E-state index contributed by atoms with van der Waals surface area (Å²) in [6, 6.07) is 41.5. The van der Waals surface area contributed by atoms with Crippen LogP contribution in [0, 0.1) is 0 Å². The van der Waals surface area contributed by atoms with Gasteiger partial charge in [-0.3, -0.25) is 0 Å². The molecule has 8 rings (SSSR count). The summed E-state index contributed by atoms with van der Waals surface area (Å²) in [7, 11) is 6.17. The van der Waals surface area contributed by atoms with Crippen molar-refractivity contribution in [1.82, 2.24) is 0 Å². The first-order valence-corrected chi connectivity index (χ1v) is 18.3. The van der Waals surface area contributed by atoms with E-state index in [1.54, 1.807) is 38.5 Å². The van der Waals surface area contributed by atoms with E-state index in [0.29, 0.717) is 58.5 Å². The number of ether oxygens (including phenoxy) is 6. The smallest absolute Gasteiger partial charge is 0.336 e. The fourth-order valence-electron chi connectivity index (χ4n) is 6.92. The number of aromatic carboxylic acids is 2. The Morgan fingerprint density at radius 2 is 0.759 bits per heavy atom. The third kappa shape index (κ3) is 8.08. The fraction of sp³-hybridized carbons (Fsp3) is 0.125. The quantitative estimate of drug-likeness (QED) is 0.116. The van der Waals surface area contributed by atoms with Crippen LogP contribution in [0.2, 0.25) is 0 Å². The Kier molecular flexibility index (Phi) is 11.5. The van der Waals surface area contributed by atoms with E-state index in [0.717, 1.165) is 43.4 Å². The number of methoxy groups -OCH3 is 4. The van der Waals surface area contributed by atoms with Crippen LogP contribution in [-0.2, 0) is 13.2 Å². The van der Waals surface area contributed by atoms with Crippen molar-refractivity contribution >= 4 is 55.0 Å². The van der Waals surface area contributed by atoms with Gasteiger partial charge in [0.15, 0.2) is 23.0 Å². The largest absolute Gasteiger partial charge is 0.493 e. The summed E-state index contributed by atoms with van der Waals surface area (Å²) in [5, 5.41) is 25.5. The number of carboxylic acids is 2. The van der Waals surface area contributed by atoms with Gasteiger partial charge >= 0.3 is 11.9 Å². The summed E-state index contributed by atoms with van der Waals surface area (Å²) in [6.45, 7) is 0.906. The SMILES string of the molecule is COc1cc2c(C(=O)O)cc3ccc(OCc4ccccc4)cc3c2cc1OC.COc1cc2c(C(=O)O)cc3ccc(OCc4ccccc4)cc3c2cc1OC. The Morgan fingerprint density at radius 1 is 0.414 bits per heavy atom. The molecule has 0 fully saturated rings. The van der Waals surface area contributed by atoms with E-state index >= 15 is 0 Å². The number of hydrogen-bond acceptors (Lipinski definition) is 8. The number of carbonyl (C=O) groups is 2. The first kappa shape index (κ1) is 38.8. The number of benzene rings is 8. The molecule has 0 aromatic heterocycles. The van der Waals surface area contributed by atoms with E-state index in [9.17, 15) is 19.8 Å². The molecule has 0 aliphatic heterocycles. The summed E-state index contributed by atoms with van der Waals surface area (Å²) < 4.78 is 33.5. The number of hydrogen-bond donors (Lipinski definition) is 2. The van der Waals surface area contributed by atoms with Gasteiger partial charge in [0, 0.05) is 10.8 Å². The van der Waals surface area contributed by atoms with Crippen LogP contribution in [0.4, 0.5) is 0 Å². The highest BCUT2D eigenvalue weighted by molar-refractivity contribution is 6.18. The zero-order chi connectivity index (χ0) is 40.8. The maximum Gasteiger partial charge on any atom is 0.336 e. The Morgan fingerprint density at radius 3 is 1.09 bits per heavy atom. The molecule has 0 bridgehead atoms. The molecular formula is C48H40O10. The van der Waals surface area contributed by atoms with Gasteiger partial charge < -0.3 is 38.6 Å². The summed E-state index contributed by atoms with van der Waals surface area (Å²) in [6.07, 6.45) is 0. The van der Waals surface area contributed by atoms with Gasteiger partial charge in [-0.15, -0.1) is 0 Å². The molecule has 10 nitrogen and oxygen atoms in total. The molecule has 2 N–H and O–H groups in total.